The summed E-state index contributed by atoms with van der Waals surface area (Å²) in [7, 11) is 0. The molecule has 1 heterocycles. The minimum atomic E-state index is -0.391. The van der Waals surface area contributed by atoms with Gasteiger partial charge in [0.25, 0.3) is 0 Å². The lowest BCUT2D eigenvalue weighted by atomic mass is 9.86. The predicted octanol–water partition coefficient (Wildman–Crippen LogP) is 3.34. The molecular formula is C16H16O3. The molecule has 0 saturated carbocycles. The minimum absolute atomic E-state index is 0.258. The van der Waals surface area contributed by atoms with Crippen LogP contribution in [0, 0.1) is 0 Å². The van der Waals surface area contributed by atoms with Crippen molar-refractivity contribution in [1.29, 1.82) is 0 Å². The maximum atomic E-state index is 9.48. The monoisotopic (exact) mass is 256 g/mol. The fourth-order valence-corrected chi connectivity index (χ4v) is 2.54. The second kappa shape index (κ2) is 4.19. The summed E-state index contributed by atoms with van der Waals surface area (Å²) < 4.78 is 6.11. The van der Waals surface area contributed by atoms with Crippen LogP contribution in [0.1, 0.15) is 24.5 Å². The normalized spacial score (nSPS) is 21.5. The maximum Gasteiger partial charge on any atom is 0.132 e. The van der Waals surface area contributed by atoms with E-state index in [0.29, 0.717) is 0 Å². The van der Waals surface area contributed by atoms with Crippen molar-refractivity contribution >= 4 is 0 Å². The number of benzene rings is 2. The number of aryl methyl sites for hydroxylation is 1. The summed E-state index contributed by atoms with van der Waals surface area (Å²) in [4.78, 5) is 0. The number of phenols is 2. The van der Waals surface area contributed by atoms with Gasteiger partial charge in [0.1, 0.15) is 22.8 Å². The Morgan fingerprint density at radius 2 is 1.68 bits per heavy atom. The molecule has 0 fully saturated rings. The number of hydrogen-bond donors (Lipinski definition) is 2. The van der Waals surface area contributed by atoms with Gasteiger partial charge in [0, 0.05) is 0 Å². The van der Waals surface area contributed by atoms with Gasteiger partial charge in [-0.1, -0.05) is 12.1 Å². The second-order valence-electron chi connectivity index (χ2n) is 5.17. The summed E-state index contributed by atoms with van der Waals surface area (Å²) in [5, 5.41) is 18.8. The van der Waals surface area contributed by atoms with Crippen LogP contribution in [-0.2, 0) is 12.0 Å². The summed E-state index contributed by atoms with van der Waals surface area (Å²) >= 11 is 0. The molecule has 1 aliphatic heterocycles. The Hall–Kier alpha value is -2.16. The van der Waals surface area contributed by atoms with Gasteiger partial charge in [-0.3, -0.25) is 0 Å². The van der Waals surface area contributed by atoms with Gasteiger partial charge in [-0.15, -0.1) is 0 Å². The topological polar surface area (TPSA) is 49.7 Å². The van der Waals surface area contributed by atoms with Crippen LogP contribution in [0.25, 0.3) is 0 Å². The molecule has 1 aliphatic rings. The molecule has 0 radical (unpaired) electrons. The van der Waals surface area contributed by atoms with Gasteiger partial charge < -0.3 is 14.9 Å². The molecule has 3 rings (SSSR count). The summed E-state index contributed by atoms with van der Waals surface area (Å²) in [5.41, 5.74) is 1.69. The number of ether oxygens (including phenoxy) is 1. The molecule has 3 heteroatoms. The van der Waals surface area contributed by atoms with Crippen LogP contribution < -0.4 is 4.74 Å². The largest absolute Gasteiger partial charge is 0.508 e. The van der Waals surface area contributed by atoms with Crippen LogP contribution in [0.5, 0.6) is 17.2 Å². The Morgan fingerprint density at radius 3 is 2.42 bits per heavy atom. The van der Waals surface area contributed by atoms with Gasteiger partial charge in [0.15, 0.2) is 0 Å². The average Bonchev–Trinajstić information content (AvgIpc) is 2.40. The number of rotatable bonds is 1. The third-order valence-electron chi connectivity index (χ3n) is 3.73. The Balaban J connectivity index is 1.95. The molecule has 0 amide bonds. The van der Waals surface area contributed by atoms with Gasteiger partial charge in [-0.05, 0) is 61.2 Å². The minimum Gasteiger partial charge on any atom is -0.508 e. The van der Waals surface area contributed by atoms with Crippen molar-refractivity contribution in [2.24, 2.45) is 0 Å². The van der Waals surface area contributed by atoms with Crippen molar-refractivity contribution in [3.8, 4) is 17.2 Å². The van der Waals surface area contributed by atoms with E-state index in [9.17, 15) is 10.2 Å². The van der Waals surface area contributed by atoms with E-state index in [0.717, 1.165) is 29.7 Å². The van der Waals surface area contributed by atoms with Crippen molar-refractivity contribution in [3.63, 3.8) is 0 Å². The maximum absolute atomic E-state index is 9.48. The van der Waals surface area contributed by atoms with E-state index in [2.05, 4.69) is 6.92 Å². The highest BCUT2D eigenvalue weighted by Crippen LogP contribution is 2.40. The standard InChI is InChI=1S/C16H16O3/c1-16(12-2-4-13(17)5-3-12)9-8-11-10-14(18)6-7-15(11)19-16/h2-7,10,17-18H,8-9H2,1H3/t16-/m0/s1. The number of hydrogen-bond acceptors (Lipinski definition) is 3. The van der Waals surface area contributed by atoms with Crippen LogP contribution >= 0.6 is 0 Å². The van der Waals surface area contributed by atoms with Crippen LogP contribution in [0.15, 0.2) is 42.5 Å². The molecule has 2 aromatic rings. The molecule has 0 aromatic heterocycles. The highest BCUT2D eigenvalue weighted by molar-refractivity contribution is 5.43. The molecule has 0 unspecified atom stereocenters. The van der Waals surface area contributed by atoms with Gasteiger partial charge >= 0.3 is 0 Å². The summed E-state index contributed by atoms with van der Waals surface area (Å²) in [5.74, 6) is 1.35. The van der Waals surface area contributed by atoms with Crippen LogP contribution in [-0.4, -0.2) is 10.2 Å². The highest BCUT2D eigenvalue weighted by atomic mass is 16.5. The molecule has 3 nitrogen and oxygen atoms in total. The molecule has 98 valence electrons. The number of aromatic hydroxyl groups is 2. The van der Waals surface area contributed by atoms with Crippen molar-refractivity contribution in [2.45, 2.75) is 25.4 Å². The Labute approximate surface area is 112 Å². The summed E-state index contributed by atoms with van der Waals surface area (Å²) in [6.07, 6.45) is 1.70. The third kappa shape index (κ3) is 2.12. The first-order valence-electron chi connectivity index (χ1n) is 6.37. The van der Waals surface area contributed by atoms with Gasteiger partial charge in [0.2, 0.25) is 0 Å². The fourth-order valence-electron chi connectivity index (χ4n) is 2.54. The smallest absolute Gasteiger partial charge is 0.132 e. The van der Waals surface area contributed by atoms with Gasteiger partial charge in [-0.2, -0.15) is 0 Å². The molecule has 1 atom stereocenters. The van der Waals surface area contributed by atoms with Crippen molar-refractivity contribution < 1.29 is 14.9 Å². The molecule has 2 N–H and O–H groups in total. The van der Waals surface area contributed by atoms with E-state index >= 15 is 0 Å². The quantitative estimate of drug-likeness (QED) is 0.822. The molecule has 19 heavy (non-hydrogen) atoms. The van der Waals surface area contributed by atoms with Crippen LogP contribution in [0.3, 0.4) is 0 Å². The summed E-state index contributed by atoms with van der Waals surface area (Å²) in [6.45, 7) is 2.05. The Bertz CT molecular complexity index is 604. The van der Waals surface area contributed by atoms with Crippen LogP contribution in [0.4, 0.5) is 0 Å². The Kier molecular flexibility index (Phi) is 2.63. The van der Waals surface area contributed by atoms with Crippen molar-refractivity contribution in [1.82, 2.24) is 0 Å². The number of fused-ring (bicyclic) bond motifs is 1. The molecule has 0 aliphatic carbocycles. The Morgan fingerprint density at radius 1 is 1.00 bits per heavy atom. The first-order valence-corrected chi connectivity index (χ1v) is 6.37. The zero-order valence-electron chi connectivity index (χ0n) is 10.8. The third-order valence-corrected chi connectivity index (χ3v) is 3.73. The van der Waals surface area contributed by atoms with E-state index in [1.807, 2.05) is 18.2 Å². The van der Waals surface area contributed by atoms with Crippen molar-refractivity contribution in [2.75, 3.05) is 0 Å². The zero-order chi connectivity index (χ0) is 13.5. The van der Waals surface area contributed by atoms with E-state index in [4.69, 9.17) is 4.74 Å². The fraction of sp³-hybridized carbons (Fsp3) is 0.250. The first-order chi connectivity index (χ1) is 9.07. The molecule has 2 aromatic carbocycles. The molecular weight excluding hydrogens is 240 g/mol. The lowest BCUT2D eigenvalue weighted by molar-refractivity contribution is 0.0624. The van der Waals surface area contributed by atoms with Gasteiger partial charge in [-0.25, -0.2) is 0 Å². The second-order valence-corrected chi connectivity index (χ2v) is 5.17. The van der Waals surface area contributed by atoms with E-state index < -0.39 is 5.60 Å². The first kappa shape index (κ1) is 11.9. The lowest BCUT2D eigenvalue weighted by Crippen LogP contribution is -2.33. The van der Waals surface area contributed by atoms with E-state index in [1.54, 1.807) is 24.3 Å². The number of phenolic OH excluding ortho intramolecular Hbond substituents is 2. The van der Waals surface area contributed by atoms with Gasteiger partial charge in [0.05, 0.1) is 0 Å². The molecule has 0 bridgehead atoms. The lowest BCUT2D eigenvalue weighted by Gasteiger charge is -2.36. The van der Waals surface area contributed by atoms with E-state index in [-0.39, 0.29) is 11.5 Å². The van der Waals surface area contributed by atoms with Crippen molar-refractivity contribution in [3.05, 3.63) is 53.6 Å². The molecule has 0 spiro atoms. The zero-order valence-corrected chi connectivity index (χ0v) is 10.8. The predicted molar refractivity (Wildman–Crippen MR) is 72.5 cm³/mol. The van der Waals surface area contributed by atoms with E-state index in [1.165, 1.54) is 0 Å². The average molecular weight is 256 g/mol. The highest BCUT2D eigenvalue weighted by Gasteiger charge is 2.33. The summed E-state index contributed by atoms with van der Waals surface area (Å²) in [6, 6.07) is 12.3. The van der Waals surface area contributed by atoms with Crippen LogP contribution in [0.2, 0.25) is 0 Å². The molecule has 0 saturated heterocycles. The SMILES string of the molecule is C[C@@]1(c2ccc(O)cc2)CCc2cc(O)ccc2O1.